The first-order valence-corrected chi connectivity index (χ1v) is 4.41. The van der Waals surface area contributed by atoms with E-state index in [-0.39, 0.29) is 0 Å². The number of hydrogen-bond donors (Lipinski definition) is 2. The summed E-state index contributed by atoms with van der Waals surface area (Å²) in [6.45, 7) is 0.613. The van der Waals surface area contributed by atoms with Gasteiger partial charge in [-0.05, 0) is 12.6 Å². The van der Waals surface area contributed by atoms with Crippen molar-refractivity contribution in [3.05, 3.63) is 30.4 Å². The standard InChI is InChI=1S/C9H11N5/c10-2-1-7-5-8(14-13-7)9-6-11-3-4-12-9/h3-6H,1-2,10H2,(H,13,14). The minimum absolute atomic E-state index is 0.613. The van der Waals surface area contributed by atoms with E-state index in [0.29, 0.717) is 6.54 Å². The fourth-order valence-corrected chi connectivity index (χ4v) is 1.21. The fraction of sp³-hybridized carbons (Fsp3) is 0.222. The van der Waals surface area contributed by atoms with Crippen molar-refractivity contribution in [2.75, 3.05) is 6.54 Å². The van der Waals surface area contributed by atoms with Gasteiger partial charge < -0.3 is 5.73 Å². The molecule has 0 bridgehead atoms. The third-order valence-corrected chi connectivity index (χ3v) is 1.87. The number of nitrogens with zero attached hydrogens (tertiary/aromatic N) is 3. The Morgan fingerprint density at radius 1 is 1.29 bits per heavy atom. The van der Waals surface area contributed by atoms with Gasteiger partial charge in [0.15, 0.2) is 0 Å². The minimum Gasteiger partial charge on any atom is -0.330 e. The number of nitrogens with one attached hydrogen (secondary N) is 1. The van der Waals surface area contributed by atoms with E-state index in [0.717, 1.165) is 23.5 Å². The molecule has 3 N–H and O–H groups in total. The predicted octanol–water partition coefficient (Wildman–Crippen LogP) is 0.368. The normalized spacial score (nSPS) is 10.4. The van der Waals surface area contributed by atoms with Crippen LogP contribution in [0.1, 0.15) is 5.69 Å². The number of rotatable bonds is 3. The molecule has 0 amide bonds. The van der Waals surface area contributed by atoms with Gasteiger partial charge in [-0.2, -0.15) is 5.10 Å². The van der Waals surface area contributed by atoms with Gasteiger partial charge in [-0.1, -0.05) is 0 Å². The van der Waals surface area contributed by atoms with Gasteiger partial charge in [0.05, 0.1) is 6.20 Å². The Morgan fingerprint density at radius 2 is 2.21 bits per heavy atom. The van der Waals surface area contributed by atoms with E-state index in [1.807, 2.05) is 6.07 Å². The number of nitrogens with two attached hydrogens (primary N) is 1. The van der Waals surface area contributed by atoms with Gasteiger partial charge in [0.25, 0.3) is 0 Å². The average molecular weight is 189 g/mol. The SMILES string of the molecule is NCCc1cc(-c2cnccn2)n[nH]1. The fourth-order valence-electron chi connectivity index (χ4n) is 1.21. The van der Waals surface area contributed by atoms with Gasteiger partial charge >= 0.3 is 0 Å². The molecular weight excluding hydrogens is 178 g/mol. The van der Waals surface area contributed by atoms with Crippen molar-refractivity contribution in [3.8, 4) is 11.4 Å². The summed E-state index contributed by atoms with van der Waals surface area (Å²) in [7, 11) is 0. The van der Waals surface area contributed by atoms with Crippen molar-refractivity contribution in [1.82, 2.24) is 20.2 Å². The van der Waals surface area contributed by atoms with E-state index < -0.39 is 0 Å². The zero-order chi connectivity index (χ0) is 9.80. The highest BCUT2D eigenvalue weighted by Crippen LogP contribution is 2.12. The van der Waals surface area contributed by atoms with Crippen LogP contribution < -0.4 is 5.73 Å². The van der Waals surface area contributed by atoms with E-state index >= 15 is 0 Å². The first kappa shape index (κ1) is 8.83. The quantitative estimate of drug-likeness (QED) is 0.730. The lowest BCUT2D eigenvalue weighted by molar-refractivity contribution is 0.901. The van der Waals surface area contributed by atoms with Gasteiger partial charge in [0.1, 0.15) is 11.4 Å². The molecule has 0 radical (unpaired) electrons. The second-order valence-corrected chi connectivity index (χ2v) is 2.91. The number of hydrogen-bond acceptors (Lipinski definition) is 4. The highest BCUT2D eigenvalue weighted by Gasteiger charge is 2.03. The van der Waals surface area contributed by atoms with Crippen LogP contribution in [0.2, 0.25) is 0 Å². The molecule has 0 atom stereocenters. The molecule has 0 unspecified atom stereocenters. The van der Waals surface area contributed by atoms with Crippen LogP contribution >= 0.6 is 0 Å². The molecule has 0 fully saturated rings. The maximum Gasteiger partial charge on any atom is 0.112 e. The summed E-state index contributed by atoms with van der Waals surface area (Å²) in [5.74, 6) is 0. The van der Waals surface area contributed by atoms with E-state index in [1.165, 1.54) is 0 Å². The molecular formula is C9H11N5. The summed E-state index contributed by atoms with van der Waals surface area (Å²) >= 11 is 0. The van der Waals surface area contributed by atoms with Gasteiger partial charge in [0, 0.05) is 24.5 Å². The van der Waals surface area contributed by atoms with Crippen molar-refractivity contribution in [3.63, 3.8) is 0 Å². The Bertz CT molecular complexity index is 395. The summed E-state index contributed by atoms with van der Waals surface area (Å²) in [4.78, 5) is 8.12. The maximum atomic E-state index is 5.43. The van der Waals surface area contributed by atoms with E-state index in [4.69, 9.17) is 5.73 Å². The lowest BCUT2D eigenvalue weighted by Gasteiger charge is -1.91. The smallest absolute Gasteiger partial charge is 0.112 e. The molecule has 0 saturated carbocycles. The largest absolute Gasteiger partial charge is 0.330 e. The lowest BCUT2D eigenvalue weighted by atomic mass is 10.2. The van der Waals surface area contributed by atoms with E-state index in [9.17, 15) is 0 Å². The van der Waals surface area contributed by atoms with Crippen LogP contribution in [0.25, 0.3) is 11.4 Å². The monoisotopic (exact) mass is 189 g/mol. The molecule has 72 valence electrons. The summed E-state index contributed by atoms with van der Waals surface area (Å²) in [6, 6.07) is 1.94. The first-order valence-electron chi connectivity index (χ1n) is 4.41. The van der Waals surface area contributed by atoms with Crippen molar-refractivity contribution in [2.45, 2.75) is 6.42 Å². The molecule has 2 rings (SSSR count). The molecule has 5 heteroatoms. The highest BCUT2D eigenvalue weighted by molar-refractivity contribution is 5.52. The van der Waals surface area contributed by atoms with Gasteiger partial charge in [0.2, 0.25) is 0 Å². The van der Waals surface area contributed by atoms with Gasteiger partial charge in [-0.25, -0.2) is 0 Å². The van der Waals surface area contributed by atoms with Crippen LogP contribution in [-0.2, 0) is 6.42 Å². The zero-order valence-electron chi connectivity index (χ0n) is 7.64. The Hall–Kier alpha value is -1.75. The third kappa shape index (κ3) is 1.77. The molecule has 2 aromatic rings. The van der Waals surface area contributed by atoms with Crippen molar-refractivity contribution in [1.29, 1.82) is 0 Å². The Morgan fingerprint density at radius 3 is 2.93 bits per heavy atom. The molecule has 0 saturated heterocycles. The maximum absolute atomic E-state index is 5.43. The highest BCUT2D eigenvalue weighted by atomic mass is 15.1. The van der Waals surface area contributed by atoms with Crippen LogP contribution in [0, 0.1) is 0 Å². The van der Waals surface area contributed by atoms with Crippen molar-refractivity contribution >= 4 is 0 Å². The van der Waals surface area contributed by atoms with Crippen LogP contribution in [0.4, 0.5) is 0 Å². The Kier molecular flexibility index (Phi) is 2.51. The zero-order valence-corrected chi connectivity index (χ0v) is 7.64. The molecule has 0 aliphatic rings. The predicted molar refractivity (Wildman–Crippen MR) is 52.4 cm³/mol. The lowest BCUT2D eigenvalue weighted by Crippen LogP contribution is -2.02. The molecule has 14 heavy (non-hydrogen) atoms. The molecule has 0 aromatic carbocycles. The molecule has 5 nitrogen and oxygen atoms in total. The Balaban J connectivity index is 2.25. The molecule has 2 heterocycles. The van der Waals surface area contributed by atoms with Crippen LogP contribution in [0.3, 0.4) is 0 Å². The van der Waals surface area contributed by atoms with Crippen molar-refractivity contribution < 1.29 is 0 Å². The summed E-state index contributed by atoms with van der Waals surface area (Å²) in [5, 5.41) is 7.03. The first-order chi connectivity index (χ1) is 6.90. The van der Waals surface area contributed by atoms with Crippen LogP contribution in [0.5, 0.6) is 0 Å². The second-order valence-electron chi connectivity index (χ2n) is 2.91. The molecule has 0 aliphatic carbocycles. The Labute approximate surface area is 81.4 Å². The molecule has 0 spiro atoms. The average Bonchev–Trinajstić information content (AvgIpc) is 2.68. The number of aromatic amines is 1. The van der Waals surface area contributed by atoms with Crippen molar-refractivity contribution in [2.24, 2.45) is 5.73 Å². The van der Waals surface area contributed by atoms with Gasteiger partial charge in [-0.3, -0.25) is 15.1 Å². The molecule has 2 aromatic heterocycles. The summed E-state index contributed by atoms with van der Waals surface area (Å²) in [5.41, 5.74) is 8.03. The van der Waals surface area contributed by atoms with Gasteiger partial charge in [-0.15, -0.1) is 0 Å². The molecule has 0 aliphatic heterocycles. The summed E-state index contributed by atoms with van der Waals surface area (Å²) < 4.78 is 0. The minimum atomic E-state index is 0.613. The van der Waals surface area contributed by atoms with E-state index in [1.54, 1.807) is 18.6 Å². The topological polar surface area (TPSA) is 80.5 Å². The summed E-state index contributed by atoms with van der Waals surface area (Å²) in [6.07, 6.45) is 5.76. The third-order valence-electron chi connectivity index (χ3n) is 1.87. The van der Waals surface area contributed by atoms with Crippen LogP contribution in [0.15, 0.2) is 24.7 Å². The second kappa shape index (κ2) is 3.97. The van der Waals surface area contributed by atoms with Crippen LogP contribution in [-0.4, -0.2) is 26.7 Å². The number of aromatic nitrogens is 4. The number of H-pyrrole nitrogens is 1. The van der Waals surface area contributed by atoms with E-state index in [2.05, 4.69) is 20.2 Å².